The van der Waals surface area contributed by atoms with Crippen LogP contribution in [0.15, 0.2) is 24.3 Å². The van der Waals surface area contributed by atoms with E-state index in [0.29, 0.717) is 10.8 Å². The molecular weight excluding hydrogens is 240 g/mol. The van der Waals surface area contributed by atoms with Crippen LogP contribution in [0, 0.1) is 0 Å². The molecule has 1 heterocycles. The van der Waals surface area contributed by atoms with Crippen LogP contribution in [-0.2, 0) is 6.54 Å². The Hall–Kier alpha value is -0.510. The Labute approximate surface area is 114 Å². The Balaban J connectivity index is 1.71. The first-order valence-electron chi connectivity index (χ1n) is 6.90. The Morgan fingerprint density at radius 3 is 3.00 bits per heavy atom. The molecule has 0 amide bonds. The molecular formula is C15H22N2S. The lowest BCUT2D eigenvalue weighted by Crippen LogP contribution is -2.30. The first-order chi connectivity index (χ1) is 8.83. The molecule has 2 nitrogen and oxygen atoms in total. The fraction of sp³-hybridized carbons (Fsp3) is 0.600. The standard InChI is InChI=1S/C15H22N2S/c1-18-15(7-8-15)11-17-14-6-9-16-10-12-4-2-3-5-13(12)14/h2-5,14,16-17H,6-11H2,1H3. The molecule has 1 aliphatic carbocycles. The molecule has 2 aliphatic rings. The highest BCUT2D eigenvalue weighted by Crippen LogP contribution is 2.46. The van der Waals surface area contributed by atoms with Crippen molar-refractivity contribution in [1.82, 2.24) is 10.6 Å². The van der Waals surface area contributed by atoms with Gasteiger partial charge < -0.3 is 10.6 Å². The van der Waals surface area contributed by atoms with Crippen molar-refractivity contribution in [3.63, 3.8) is 0 Å². The third-order valence-corrected chi connectivity index (χ3v) is 5.69. The molecule has 0 radical (unpaired) electrons. The van der Waals surface area contributed by atoms with E-state index in [4.69, 9.17) is 0 Å². The van der Waals surface area contributed by atoms with Crippen LogP contribution in [0.2, 0.25) is 0 Å². The molecule has 1 aromatic carbocycles. The third-order valence-electron chi connectivity index (χ3n) is 4.27. The van der Waals surface area contributed by atoms with Gasteiger partial charge in [0.05, 0.1) is 0 Å². The molecule has 1 aliphatic heterocycles. The highest BCUT2D eigenvalue weighted by Gasteiger charge is 2.41. The molecule has 18 heavy (non-hydrogen) atoms. The summed E-state index contributed by atoms with van der Waals surface area (Å²) in [6.07, 6.45) is 6.21. The summed E-state index contributed by atoms with van der Waals surface area (Å²) in [4.78, 5) is 0. The van der Waals surface area contributed by atoms with Gasteiger partial charge in [-0.2, -0.15) is 11.8 Å². The van der Waals surface area contributed by atoms with Crippen molar-refractivity contribution in [2.75, 3.05) is 19.3 Å². The van der Waals surface area contributed by atoms with Crippen molar-refractivity contribution in [1.29, 1.82) is 0 Å². The summed E-state index contributed by atoms with van der Waals surface area (Å²) in [6.45, 7) is 3.29. The molecule has 0 spiro atoms. The summed E-state index contributed by atoms with van der Waals surface area (Å²) in [5.74, 6) is 0. The molecule has 3 rings (SSSR count). The van der Waals surface area contributed by atoms with Gasteiger partial charge >= 0.3 is 0 Å². The van der Waals surface area contributed by atoms with Gasteiger partial charge in [-0.15, -0.1) is 0 Å². The topological polar surface area (TPSA) is 24.1 Å². The molecule has 1 unspecified atom stereocenters. The number of benzene rings is 1. The highest BCUT2D eigenvalue weighted by atomic mass is 32.2. The van der Waals surface area contributed by atoms with Crippen molar-refractivity contribution in [3.05, 3.63) is 35.4 Å². The van der Waals surface area contributed by atoms with Crippen LogP contribution < -0.4 is 10.6 Å². The van der Waals surface area contributed by atoms with E-state index in [1.807, 2.05) is 11.8 Å². The van der Waals surface area contributed by atoms with Crippen molar-refractivity contribution < 1.29 is 0 Å². The smallest absolute Gasteiger partial charge is 0.0336 e. The molecule has 1 fully saturated rings. The van der Waals surface area contributed by atoms with Gasteiger partial charge in [-0.3, -0.25) is 0 Å². The molecule has 98 valence electrons. The molecule has 0 aromatic heterocycles. The second-order valence-corrected chi connectivity index (χ2v) is 6.76. The van der Waals surface area contributed by atoms with Crippen molar-refractivity contribution in [3.8, 4) is 0 Å². The van der Waals surface area contributed by atoms with Crippen LogP contribution in [-0.4, -0.2) is 24.1 Å². The summed E-state index contributed by atoms with van der Waals surface area (Å²) in [6, 6.07) is 9.39. The van der Waals surface area contributed by atoms with Gasteiger partial charge in [0.15, 0.2) is 0 Å². The summed E-state index contributed by atoms with van der Waals surface area (Å²) in [7, 11) is 0. The second kappa shape index (κ2) is 5.24. The molecule has 1 atom stereocenters. The minimum atomic E-state index is 0.529. The van der Waals surface area contributed by atoms with E-state index in [0.717, 1.165) is 19.6 Å². The fourth-order valence-electron chi connectivity index (χ4n) is 2.77. The summed E-state index contributed by atoms with van der Waals surface area (Å²) < 4.78 is 0.550. The van der Waals surface area contributed by atoms with Crippen LogP contribution in [0.5, 0.6) is 0 Å². The minimum absolute atomic E-state index is 0.529. The van der Waals surface area contributed by atoms with Crippen LogP contribution >= 0.6 is 11.8 Å². The maximum atomic E-state index is 3.81. The van der Waals surface area contributed by atoms with E-state index < -0.39 is 0 Å². The minimum Gasteiger partial charge on any atom is -0.313 e. The van der Waals surface area contributed by atoms with E-state index in [-0.39, 0.29) is 0 Å². The van der Waals surface area contributed by atoms with Crippen LogP contribution in [0.25, 0.3) is 0 Å². The van der Waals surface area contributed by atoms with Gasteiger partial charge in [-0.25, -0.2) is 0 Å². The van der Waals surface area contributed by atoms with E-state index in [9.17, 15) is 0 Å². The highest BCUT2D eigenvalue weighted by molar-refractivity contribution is 8.00. The Morgan fingerprint density at radius 1 is 1.39 bits per heavy atom. The summed E-state index contributed by atoms with van der Waals surface area (Å²) >= 11 is 2.04. The largest absolute Gasteiger partial charge is 0.313 e. The van der Waals surface area contributed by atoms with Crippen molar-refractivity contribution in [2.45, 2.75) is 36.6 Å². The van der Waals surface area contributed by atoms with Gasteiger partial charge in [-0.05, 0) is 43.2 Å². The molecule has 1 aromatic rings. The zero-order valence-electron chi connectivity index (χ0n) is 11.0. The van der Waals surface area contributed by atoms with Gasteiger partial charge in [0.25, 0.3) is 0 Å². The average Bonchev–Trinajstić information content (AvgIpc) is 3.21. The zero-order valence-corrected chi connectivity index (χ0v) is 11.9. The van der Waals surface area contributed by atoms with Crippen molar-refractivity contribution >= 4 is 11.8 Å². The summed E-state index contributed by atoms with van der Waals surface area (Å²) in [5, 5.41) is 7.33. The average molecular weight is 262 g/mol. The van der Waals surface area contributed by atoms with E-state index in [1.165, 1.54) is 30.4 Å². The SMILES string of the molecule is CSC1(CNC2CCNCc3ccccc32)CC1. The van der Waals surface area contributed by atoms with Gasteiger partial charge in [0, 0.05) is 23.9 Å². The molecule has 1 saturated carbocycles. The Bertz CT molecular complexity index is 415. The number of hydrogen-bond acceptors (Lipinski definition) is 3. The molecule has 2 N–H and O–H groups in total. The van der Waals surface area contributed by atoms with E-state index in [1.54, 1.807) is 0 Å². The molecule has 3 heteroatoms. The zero-order chi connectivity index (χ0) is 12.4. The quantitative estimate of drug-likeness (QED) is 0.872. The number of nitrogens with one attached hydrogen (secondary N) is 2. The van der Waals surface area contributed by atoms with Crippen LogP contribution in [0.3, 0.4) is 0 Å². The van der Waals surface area contributed by atoms with Crippen LogP contribution in [0.1, 0.15) is 36.4 Å². The van der Waals surface area contributed by atoms with Gasteiger partial charge in [0.1, 0.15) is 0 Å². The lowest BCUT2D eigenvalue weighted by Gasteiger charge is -2.22. The lowest BCUT2D eigenvalue weighted by atomic mass is 9.99. The van der Waals surface area contributed by atoms with E-state index in [2.05, 4.69) is 41.2 Å². The normalized spacial score (nSPS) is 25.3. The maximum absolute atomic E-state index is 3.81. The Morgan fingerprint density at radius 2 is 2.22 bits per heavy atom. The number of fused-ring (bicyclic) bond motifs is 1. The maximum Gasteiger partial charge on any atom is 0.0336 e. The van der Waals surface area contributed by atoms with E-state index >= 15 is 0 Å². The first-order valence-corrected chi connectivity index (χ1v) is 8.12. The van der Waals surface area contributed by atoms with Gasteiger partial charge in [-0.1, -0.05) is 24.3 Å². The number of thioether (sulfide) groups is 1. The molecule has 0 saturated heterocycles. The predicted octanol–water partition coefficient (Wildman–Crippen LogP) is 2.71. The monoisotopic (exact) mass is 262 g/mol. The second-order valence-electron chi connectivity index (χ2n) is 5.48. The van der Waals surface area contributed by atoms with Crippen LogP contribution in [0.4, 0.5) is 0 Å². The predicted molar refractivity (Wildman–Crippen MR) is 79.0 cm³/mol. The third kappa shape index (κ3) is 2.58. The lowest BCUT2D eigenvalue weighted by molar-refractivity contribution is 0.492. The Kier molecular flexibility index (Phi) is 3.64. The van der Waals surface area contributed by atoms with Crippen molar-refractivity contribution in [2.24, 2.45) is 0 Å². The van der Waals surface area contributed by atoms with Gasteiger partial charge in [0.2, 0.25) is 0 Å². The number of hydrogen-bond donors (Lipinski definition) is 2. The first kappa shape index (κ1) is 12.5. The molecule has 0 bridgehead atoms. The number of rotatable bonds is 4. The summed E-state index contributed by atoms with van der Waals surface area (Å²) in [5.41, 5.74) is 2.96. The fourth-order valence-corrected chi connectivity index (χ4v) is 3.51.